The Bertz CT molecular complexity index is 1220. The van der Waals surface area contributed by atoms with Gasteiger partial charge in [-0.15, -0.1) is 10.2 Å². The van der Waals surface area contributed by atoms with Gasteiger partial charge in [0, 0.05) is 24.9 Å². The van der Waals surface area contributed by atoms with Crippen molar-refractivity contribution in [1.82, 2.24) is 20.5 Å². The highest BCUT2D eigenvalue weighted by atomic mass is 19.1. The molecule has 2 N–H and O–H groups in total. The van der Waals surface area contributed by atoms with Crippen molar-refractivity contribution in [3.63, 3.8) is 0 Å². The van der Waals surface area contributed by atoms with Crippen molar-refractivity contribution in [1.29, 1.82) is 0 Å². The Hall–Kier alpha value is -3.75. The number of nitrogens with one attached hydrogen (secondary N) is 2. The van der Waals surface area contributed by atoms with Gasteiger partial charge in [-0.25, -0.2) is 4.39 Å². The highest BCUT2D eigenvalue weighted by molar-refractivity contribution is 5.76. The quantitative estimate of drug-likeness (QED) is 0.438. The molecule has 0 bridgehead atoms. The van der Waals surface area contributed by atoms with Crippen LogP contribution in [0.15, 0.2) is 47.3 Å². The number of nitrogens with zero attached hydrogens (tertiary/aromatic N) is 2. The maximum Gasteiger partial charge on any atom is 0.273 e. The van der Waals surface area contributed by atoms with Crippen LogP contribution in [-0.2, 0) is 17.8 Å². The molecule has 1 aliphatic rings. The second-order valence-corrected chi connectivity index (χ2v) is 9.04. The maximum atomic E-state index is 13.1. The molecule has 3 aromatic rings. The van der Waals surface area contributed by atoms with Crippen molar-refractivity contribution in [2.24, 2.45) is 5.92 Å². The normalized spacial score (nSPS) is 13.8. The molecule has 1 saturated carbocycles. The highest BCUT2D eigenvalue weighted by Crippen LogP contribution is 2.31. The number of methoxy groups -OCH3 is 1. The van der Waals surface area contributed by atoms with E-state index in [1.54, 1.807) is 30.3 Å². The van der Waals surface area contributed by atoms with E-state index >= 15 is 0 Å². The van der Waals surface area contributed by atoms with E-state index in [-0.39, 0.29) is 48.3 Å². The molecule has 190 valence electrons. The van der Waals surface area contributed by atoms with Gasteiger partial charge in [0.2, 0.25) is 5.91 Å². The lowest BCUT2D eigenvalue weighted by molar-refractivity contribution is -0.121. The number of aromatic amines is 1. The molecule has 1 heterocycles. The zero-order valence-electron chi connectivity index (χ0n) is 20.4. The Kier molecular flexibility index (Phi) is 8.65. The van der Waals surface area contributed by atoms with E-state index in [4.69, 9.17) is 9.47 Å². The molecule has 0 saturated heterocycles. The number of carbonyl (C=O) groups is 1. The largest absolute Gasteiger partial charge is 0.493 e. The third-order valence-corrected chi connectivity index (χ3v) is 6.41. The Morgan fingerprint density at radius 3 is 2.58 bits per heavy atom. The van der Waals surface area contributed by atoms with Gasteiger partial charge >= 0.3 is 0 Å². The van der Waals surface area contributed by atoms with Crippen molar-refractivity contribution in [2.45, 2.75) is 51.6 Å². The topological polar surface area (TPSA) is 106 Å². The zero-order valence-corrected chi connectivity index (χ0v) is 20.4. The van der Waals surface area contributed by atoms with Crippen LogP contribution in [0.5, 0.6) is 11.5 Å². The SMILES string of the molecule is COc1cc(-c2nnc(CCC(=O)NCC3CCCCC3)c(=O)[nH]2)ccc1OCc1ccc(F)cc1. The molecule has 1 fully saturated rings. The molecule has 0 radical (unpaired) electrons. The monoisotopic (exact) mass is 494 g/mol. The lowest BCUT2D eigenvalue weighted by atomic mass is 9.89. The van der Waals surface area contributed by atoms with Crippen LogP contribution in [0.25, 0.3) is 11.4 Å². The van der Waals surface area contributed by atoms with E-state index in [0.717, 1.165) is 5.56 Å². The summed E-state index contributed by atoms with van der Waals surface area (Å²) in [4.78, 5) is 27.5. The minimum atomic E-state index is -0.379. The molecule has 1 amide bonds. The van der Waals surface area contributed by atoms with Gasteiger partial charge in [-0.2, -0.15) is 0 Å². The predicted molar refractivity (Wildman–Crippen MR) is 133 cm³/mol. The van der Waals surface area contributed by atoms with Gasteiger partial charge in [0.1, 0.15) is 18.1 Å². The first-order valence-corrected chi connectivity index (χ1v) is 12.3. The lowest BCUT2D eigenvalue weighted by Crippen LogP contribution is -2.31. The molecule has 0 unspecified atom stereocenters. The summed E-state index contributed by atoms with van der Waals surface area (Å²) >= 11 is 0. The zero-order chi connectivity index (χ0) is 25.3. The van der Waals surface area contributed by atoms with Crippen LogP contribution < -0.4 is 20.3 Å². The summed E-state index contributed by atoms with van der Waals surface area (Å²) < 4.78 is 24.3. The van der Waals surface area contributed by atoms with E-state index in [1.807, 2.05) is 0 Å². The van der Waals surface area contributed by atoms with Gasteiger partial charge in [-0.05, 0) is 54.7 Å². The predicted octanol–water partition coefficient (Wildman–Crippen LogP) is 4.19. The first-order valence-electron chi connectivity index (χ1n) is 12.3. The van der Waals surface area contributed by atoms with Gasteiger partial charge < -0.3 is 19.8 Å². The van der Waals surface area contributed by atoms with Crippen molar-refractivity contribution < 1.29 is 18.7 Å². The maximum absolute atomic E-state index is 13.1. The summed E-state index contributed by atoms with van der Waals surface area (Å²) in [6.45, 7) is 0.945. The van der Waals surface area contributed by atoms with E-state index in [2.05, 4.69) is 20.5 Å². The van der Waals surface area contributed by atoms with E-state index in [1.165, 1.54) is 51.3 Å². The van der Waals surface area contributed by atoms with Crippen molar-refractivity contribution >= 4 is 5.91 Å². The highest BCUT2D eigenvalue weighted by Gasteiger charge is 2.15. The van der Waals surface area contributed by atoms with Crippen molar-refractivity contribution in [3.8, 4) is 22.9 Å². The Morgan fingerprint density at radius 1 is 1.08 bits per heavy atom. The average molecular weight is 495 g/mol. The molecule has 2 aromatic carbocycles. The van der Waals surface area contributed by atoms with Crippen LogP contribution in [-0.4, -0.2) is 34.7 Å². The number of hydrogen-bond acceptors (Lipinski definition) is 6. The molecule has 1 aromatic heterocycles. The molecule has 4 rings (SSSR count). The van der Waals surface area contributed by atoms with Crippen LogP contribution in [0.1, 0.15) is 49.8 Å². The third-order valence-electron chi connectivity index (χ3n) is 6.41. The summed E-state index contributed by atoms with van der Waals surface area (Å²) in [5.41, 5.74) is 1.26. The summed E-state index contributed by atoms with van der Waals surface area (Å²) in [7, 11) is 1.51. The molecule has 0 spiro atoms. The van der Waals surface area contributed by atoms with E-state index in [0.29, 0.717) is 29.5 Å². The standard InChI is InChI=1S/C27H31FN4O4/c1-35-24-15-20(9-13-23(24)36-17-19-7-10-21(28)11-8-19)26-30-27(34)22(31-32-26)12-14-25(33)29-16-18-5-3-2-4-6-18/h7-11,13,15,18H,2-6,12,14,16-17H2,1H3,(H,29,33)(H,30,32,34). The first kappa shape index (κ1) is 25.3. The van der Waals surface area contributed by atoms with Crippen LogP contribution in [0.2, 0.25) is 0 Å². The Balaban J connectivity index is 1.34. The summed E-state index contributed by atoms with van der Waals surface area (Å²) in [6.07, 6.45) is 6.49. The number of ether oxygens (including phenoxy) is 2. The van der Waals surface area contributed by atoms with Crippen molar-refractivity contribution in [3.05, 3.63) is 69.9 Å². The number of H-pyrrole nitrogens is 1. The fourth-order valence-electron chi connectivity index (χ4n) is 4.30. The average Bonchev–Trinajstić information content (AvgIpc) is 2.91. The molecule has 1 aliphatic carbocycles. The summed E-state index contributed by atoms with van der Waals surface area (Å²) in [5, 5.41) is 11.2. The molecular formula is C27H31FN4O4. The van der Waals surface area contributed by atoms with Gasteiger partial charge in [0.25, 0.3) is 5.56 Å². The third kappa shape index (κ3) is 6.90. The van der Waals surface area contributed by atoms with Crippen LogP contribution in [0.3, 0.4) is 0 Å². The Labute approximate surface area is 209 Å². The smallest absolute Gasteiger partial charge is 0.273 e. The van der Waals surface area contributed by atoms with E-state index < -0.39 is 0 Å². The number of carbonyl (C=O) groups excluding carboxylic acids is 1. The number of halogens is 1. The fraction of sp³-hybridized carbons (Fsp3) is 0.407. The van der Waals surface area contributed by atoms with Crippen LogP contribution in [0.4, 0.5) is 4.39 Å². The lowest BCUT2D eigenvalue weighted by Gasteiger charge is -2.21. The number of aryl methyl sites for hydroxylation is 1. The summed E-state index contributed by atoms with van der Waals surface area (Å²) in [5.74, 6) is 1.41. The van der Waals surface area contributed by atoms with Gasteiger partial charge in [-0.1, -0.05) is 31.4 Å². The van der Waals surface area contributed by atoms with Crippen LogP contribution >= 0.6 is 0 Å². The molecule has 8 nitrogen and oxygen atoms in total. The minimum Gasteiger partial charge on any atom is -0.493 e. The molecule has 0 aliphatic heterocycles. The fourth-order valence-corrected chi connectivity index (χ4v) is 4.30. The summed E-state index contributed by atoms with van der Waals surface area (Å²) in [6, 6.07) is 11.2. The van der Waals surface area contributed by atoms with Gasteiger partial charge in [0.15, 0.2) is 17.3 Å². The first-order chi connectivity index (χ1) is 17.5. The van der Waals surface area contributed by atoms with Crippen LogP contribution in [0, 0.1) is 11.7 Å². The Morgan fingerprint density at radius 2 is 1.86 bits per heavy atom. The minimum absolute atomic E-state index is 0.0770. The molecule has 9 heteroatoms. The second-order valence-electron chi connectivity index (χ2n) is 9.04. The van der Waals surface area contributed by atoms with E-state index in [9.17, 15) is 14.0 Å². The molecule has 0 atom stereocenters. The van der Waals surface area contributed by atoms with Gasteiger partial charge in [0.05, 0.1) is 7.11 Å². The number of aromatic nitrogens is 3. The number of amides is 1. The molecule has 36 heavy (non-hydrogen) atoms. The van der Waals surface area contributed by atoms with Crippen molar-refractivity contribution in [2.75, 3.05) is 13.7 Å². The van der Waals surface area contributed by atoms with Gasteiger partial charge in [-0.3, -0.25) is 9.59 Å². The number of hydrogen-bond donors (Lipinski definition) is 2. The number of rotatable bonds is 10. The number of benzene rings is 2. The molecular weight excluding hydrogens is 463 g/mol. The second kappa shape index (κ2) is 12.3.